The van der Waals surface area contributed by atoms with Crippen molar-refractivity contribution in [3.8, 4) is 0 Å². The summed E-state index contributed by atoms with van der Waals surface area (Å²) < 4.78 is 6.81. The van der Waals surface area contributed by atoms with Gasteiger partial charge in [-0.2, -0.15) is 0 Å². The topological polar surface area (TPSA) is 97.4 Å². The van der Waals surface area contributed by atoms with E-state index in [1.807, 2.05) is 25.1 Å². The smallest absolute Gasteiger partial charge is 0.297 e. The maximum Gasteiger partial charge on any atom is 0.297 e. The molecule has 2 N–H and O–H groups in total. The molecule has 126 valence electrons. The molecule has 3 aromatic rings. The van der Waals surface area contributed by atoms with Gasteiger partial charge in [-0.1, -0.05) is 19.1 Å². The molecule has 3 rings (SSSR count). The number of hydrogen-bond acceptors (Lipinski definition) is 5. The van der Waals surface area contributed by atoms with E-state index in [1.165, 1.54) is 10.9 Å². The summed E-state index contributed by atoms with van der Waals surface area (Å²) in [5.74, 6) is -0.106. The van der Waals surface area contributed by atoms with Gasteiger partial charge in [0.15, 0.2) is 0 Å². The van der Waals surface area contributed by atoms with Crippen molar-refractivity contribution in [1.29, 1.82) is 0 Å². The van der Waals surface area contributed by atoms with E-state index >= 15 is 0 Å². The number of benzene rings is 1. The molecular weight excluding hydrogens is 310 g/mol. The highest BCUT2D eigenvalue weighted by atomic mass is 16.3. The van der Waals surface area contributed by atoms with Crippen LogP contribution in [0.5, 0.6) is 0 Å². The van der Waals surface area contributed by atoms with Gasteiger partial charge in [0.25, 0.3) is 5.56 Å². The number of carbonyl (C=O) groups is 1. The molecule has 0 saturated heterocycles. The fraction of sp³-hybridized carbons (Fsp3) is 0.353. The first-order chi connectivity index (χ1) is 11.6. The Labute approximate surface area is 137 Å². The fourth-order valence-corrected chi connectivity index (χ4v) is 2.55. The summed E-state index contributed by atoms with van der Waals surface area (Å²) >= 11 is 0. The van der Waals surface area contributed by atoms with Crippen molar-refractivity contribution in [1.82, 2.24) is 14.9 Å². The Balaban J connectivity index is 1.80. The molecule has 0 spiro atoms. The molecule has 0 radical (unpaired) electrons. The van der Waals surface area contributed by atoms with Gasteiger partial charge < -0.3 is 14.8 Å². The lowest BCUT2D eigenvalue weighted by Crippen LogP contribution is -2.34. The minimum absolute atomic E-state index is 0.0864. The van der Waals surface area contributed by atoms with E-state index in [4.69, 9.17) is 9.52 Å². The normalized spacial score (nSPS) is 12.6. The molecule has 7 nitrogen and oxygen atoms in total. The van der Waals surface area contributed by atoms with Crippen LogP contribution < -0.4 is 10.9 Å². The van der Waals surface area contributed by atoms with Crippen LogP contribution in [0.3, 0.4) is 0 Å². The van der Waals surface area contributed by atoms with E-state index in [-0.39, 0.29) is 36.1 Å². The third-order valence-corrected chi connectivity index (χ3v) is 3.93. The van der Waals surface area contributed by atoms with Gasteiger partial charge in [0.05, 0.1) is 6.33 Å². The number of carbonyl (C=O) groups excluding carboxylic acids is 1. The summed E-state index contributed by atoms with van der Waals surface area (Å²) in [6, 6.07) is 7.29. The molecule has 0 bridgehead atoms. The Bertz CT molecular complexity index is 928. The Morgan fingerprint density at radius 1 is 1.42 bits per heavy atom. The molecule has 1 atom stereocenters. The van der Waals surface area contributed by atoms with Gasteiger partial charge >= 0.3 is 0 Å². The highest BCUT2D eigenvalue weighted by Crippen LogP contribution is 2.23. The number of fused-ring (bicyclic) bond motifs is 3. The Kier molecular flexibility index (Phi) is 4.61. The molecule has 0 fully saturated rings. The van der Waals surface area contributed by atoms with Gasteiger partial charge in [0.2, 0.25) is 11.5 Å². The molecule has 1 aromatic carbocycles. The minimum atomic E-state index is -0.380. The largest absolute Gasteiger partial charge is 0.448 e. The standard InChI is InChI=1S/C17H19N3O4/c1-11(6-7-21)8-18-14(22)9-20-10-19-15-12-4-2-3-5-13(12)24-16(15)17(20)23/h2-5,10-11,21H,6-9H2,1H3,(H,18,22). The lowest BCUT2D eigenvalue weighted by molar-refractivity contribution is -0.121. The van der Waals surface area contributed by atoms with Crippen LogP contribution >= 0.6 is 0 Å². The van der Waals surface area contributed by atoms with Crippen LogP contribution in [0.4, 0.5) is 0 Å². The Hall–Kier alpha value is -2.67. The molecular formula is C17H19N3O4. The summed E-state index contributed by atoms with van der Waals surface area (Å²) in [6.07, 6.45) is 1.98. The van der Waals surface area contributed by atoms with Crippen LogP contribution in [0.2, 0.25) is 0 Å². The molecule has 7 heteroatoms. The first-order valence-electron chi connectivity index (χ1n) is 7.84. The van der Waals surface area contributed by atoms with E-state index in [0.717, 1.165) is 5.39 Å². The molecule has 0 aliphatic rings. The number of aliphatic hydroxyl groups is 1. The molecule has 0 aliphatic heterocycles. The van der Waals surface area contributed by atoms with E-state index < -0.39 is 0 Å². The summed E-state index contributed by atoms with van der Waals surface area (Å²) in [4.78, 5) is 28.7. The van der Waals surface area contributed by atoms with E-state index in [2.05, 4.69) is 10.3 Å². The monoisotopic (exact) mass is 329 g/mol. The summed E-state index contributed by atoms with van der Waals surface area (Å²) in [6.45, 7) is 2.35. The molecule has 1 unspecified atom stereocenters. The maximum absolute atomic E-state index is 12.5. The third-order valence-electron chi connectivity index (χ3n) is 3.93. The highest BCUT2D eigenvalue weighted by Gasteiger charge is 2.14. The number of amides is 1. The number of hydrogen-bond donors (Lipinski definition) is 2. The minimum Gasteiger partial charge on any atom is -0.448 e. The molecule has 0 saturated carbocycles. The van der Waals surface area contributed by atoms with E-state index in [9.17, 15) is 9.59 Å². The van der Waals surface area contributed by atoms with Crippen LogP contribution in [0.25, 0.3) is 22.1 Å². The molecule has 24 heavy (non-hydrogen) atoms. The number of furan rings is 1. The number of nitrogens with one attached hydrogen (secondary N) is 1. The van der Waals surface area contributed by atoms with Crippen LogP contribution in [0.15, 0.2) is 39.8 Å². The average Bonchev–Trinajstić information content (AvgIpc) is 2.95. The lowest BCUT2D eigenvalue weighted by atomic mass is 10.1. The van der Waals surface area contributed by atoms with Crippen LogP contribution in [-0.4, -0.2) is 33.7 Å². The lowest BCUT2D eigenvalue weighted by Gasteiger charge is -2.11. The fourth-order valence-electron chi connectivity index (χ4n) is 2.55. The Morgan fingerprint density at radius 2 is 2.21 bits per heavy atom. The zero-order chi connectivity index (χ0) is 17.1. The summed E-state index contributed by atoms with van der Waals surface area (Å²) in [7, 11) is 0. The number of rotatable bonds is 6. The van der Waals surface area contributed by atoms with Crippen molar-refractivity contribution in [3.05, 3.63) is 40.9 Å². The van der Waals surface area contributed by atoms with Crippen LogP contribution in [-0.2, 0) is 11.3 Å². The predicted molar refractivity (Wildman–Crippen MR) is 89.7 cm³/mol. The first-order valence-corrected chi connectivity index (χ1v) is 7.84. The number of aromatic nitrogens is 2. The second kappa shape index (κ2) is 6.84. The number of aliphatic hydroxyl groups excluding tert-OH is 1. The quantitative estimate of drug-likeness (QED) is 0.710. The molecule has 1 amide bonds. The molecule has 0 aliphatic carbocycles. The Morgan fingerprint density at radius 3 is 3.00 bits per heavy atom. The van der Waals surface area contributed by atoms with Crippen molar-refractivity contribution in [2.24, 2.45) is 5.92 Å². The van der Waals surface area contributed by atoms with Crippen LogP contribution in [0.1, 0.15) is 13.3 Å². The summed E-state index contributed by atoms with van der Waals surface area (Å²) in [5, 5.41) is 12.4. The van der Waals surface area contributed by atoms with Gasteiger partial charge in [-0.15, -0.1) is 0 Å². The van der Waals surface area contributed by atoms with Crippen molar-refractivity contribution >= 4 is 28.0 Å². The van der Waals surface area contributed by atoms with Crippen molar-refractivity contribution in [3.63, 3.8) is 0 Å². The van der Waals surface area contributed by atoms with Crippen LogP contribution in [0, 0.1) is 5.92 Å². The van der Waals surface area contributed by atoms with Gasteiger partial charge in [0.1, 0.15) is 17.6 Å². The average molecular weight is 329 g/mol. The second-order valence-corrected chi connectivity index (χ2v) is 5.88. The highest BCUT2D eigenvalue weighted by molar-refractivity contribution is 6.01. The van der Waals surface area contributed by atoms with Crippen molar-refractivity contribution in [2.75, 3.05) is 13.2 Å². The van der Waals surface area contributed by atoms with Crippen molar-refractivity contribution in [2.45, 2.75) is 19.9 Å². The third kappa shape index (κ3) is 3.16. The molecule has 2 aromatic heterocycles. The zero-order valence-corrected chi connectivity index (χ0v) is 13.4. The number of nitrogens with zero attached hydrogens (tertiary/aromatic N) is 2. The predicted octanol–water partition coefficient (Wildman–Crippen LogP) is 1.28. The first kappa shape index (κ1) is 16.2. The van der Waals surface area contributed by atoms with Gasteiger partial charge in [-0.3, -0.25) is 14.2 Å². The zero-order valence-electron chi connectivity index (χ0n) is 13.4. The van der Waals surface area contributed by atoms with Gasteiger partial charge in [-0.25, -0.2) is 4.98 Å². The van der Waals surface area contributed by atoms with Crippen molar-refractivity contribution < 1.29 is 14.3 Å². The van der Waals surface area contributed by atoms with Gasteiger partial charge in [0, 0.05) is 18.5 Å². The second-order valence-electron chi connectivity index (χ2n) is 5.88. The van der Waals surface area contributed by atoms with Gasteiger partial charge in [-0.05, 0) is 24.5 Å². The number of para-hydroxylation sites is 1. The van der Waals surface area contributed by atoms with E-state index in [1.54, 1.807) is 6.07 Å². The SMILES string of the molecule is CC(CCO)CNC(=O)Cn1cnc2c(oc3ccccc32)c1=O. The molecule has 2 heterocycles. The van der Waals surface area contributed by atoms with E-state index in [0.29, 0.717) is 24.1 Å². The summed E-state index contributed by atoms with van der Waals surface area (Å²) in [5.41, 5.74) is 0.871. The maximum atomic E-state index is 12.5.